The molecule has 1 heterocycles. The number of carbonyl (C=O) groups excluding carboxylic acids is 2. The summed E-state index contributed by atoms with van der Waals surface area (Å²) in [6.07, 6.45) is 1.67. The van der Waals surface area contributed by atoms with Crippen molar-refractivity contribution in [3.63, 3.8) is 0 Å². The van der Waals surface area contributed by atoms with Gasteiger partial charge in [0, 0.05) is 13.0 Å². The molecule has 0 radical (unpaired) electrons. The lowest BCUT2D eigenvalue weighted by molar-refractivity contribution is -0.137. The standard InChI is InChI=1S/C17H19NO7S/c1-23-11-7-10(8-12(24-2)15(11)25-3)9-13-16(21)18(17(22)26-13)6-4-5-14(19)20/h7-9H,4-6H2,1-3H3,(H,19,20). The lowest BCUT2D eigenvalue weighted by Crippen LogP contribution is -2.29. The predicted molar refractivity (Wildman–Crippen MR) is 95.6 cm³/mol. The molecule has 0 saturated carbocycles. The summed E-state index contributed by atoms with van der Waals surface area (Å²) >= 11 is 0.811. The Morgan fingerprint density at radius 3 is 2.27 bits per heavy atom. The number of carboxylic acid groups (broad SMARTS) is 1. The Balaban J connectivity index is 2.25. The first-order valence-electron chi connectivity index (χ1n) is 7.68. The Bertz CT molecular complexity index is 734. The maximum absolute atomic E-state index is 12.4. The average Bonchev–Trinajstić information content (AvgIpc) is 2.87. The highest BCUT2D eigenvalue weighted by atomic mass is 32.2. The van der Waals surface area contributed by atoms with Crippen molar-refractivity contribution in [3.05, 3.63) is 22.6 Å². The van der Waals surface area contributed by atoms with Gasteiger partial charge in [-0.2, -0.15) is 0 Å². The SMILES string of the molecule is COc1cc(C=C2SC(=O)N(CCCC(=O)O)C2=O)cc(OC)c1OC. The van der Waals surface area contributed by atoms with Crippen molar-refractivity contribution in [2.75, 3.05) is 27.9 Å². The van der Waals surface area contributed by atoms with Crippen LogP contribution in [0.4, 0.5) is 4.79 Å². The number of methoxy groups -OCH3 is 3. The van der Waals surface area contributed by atoms with E-state index in [-0.39, 0.29) is 24.3 Å². The zero-order valence-electron chi connectivity index (χ0n) is 14.6. The second kappa shape index (κ2) is 8.61. The molecule has 2 amide bonds. The van der Waals surface area contributed by atoms with Crippen molar-refractivity contribution in [3.8, 4) is 17.2 Å². The molecule has 2 rings (SSSR count). The van der Waals surface area contributed by atoms with Crippen LogP contribution in [0, 0.1) is 0 Å². The molecule has 1 aromatic carbocycles. The zero-order chi connectivity index (χ0) is 19.3. The summed E-state index contributed by atoms with van der Waals surface area (Å²) < 4.78 is 15.8. The molecule has 26 heavy (non-hydrogen) atoms. The fourth-order valence-corrected chi connectivity index (χ4v) is 3.28. The summed E-state index contributed by atoms with van der Waals surface area (Å²) in [5.74, 6) is -0.129. The number of carboxylic acids is 1. The van der Waals surface area contributed by atoms with Crippen LogP contribution in [-0.2, 0) is 9.59 Å². The summed E-state index contributed by atoms with van der Waals surface area (Å²) in [7, 11) is 4.46. The molecule has 1 saturated heterocycles. The van der Waals surface area contributed by atoms with Gasteiger partial charge in [-0.05, 0) is 42.0 Å². The third kappa shape index (κ3) is 4.29. The van der Waals surface area contributed by atoms with Crippen LogP contribution < -0.4 is 14.2 Å². The summed E-state index contributed by atoms with van der Waals surface area (Å²) in [5.41, 5.74) is 0.607. The first-order valence-corrected chi connectivity index (χ1v) is 8.50. The van der Waals surface area contributed by atoms with E-state index < -0.39 is 17.1 Å². The van der Waals surface area contributed by atoms with Crippen molar-refractivity contribution in [1.29, 1.82) is 0 Å². The lowest BCUT2D eigenvalue weighted by atomic mass is 10.1. The number of ether oxygens (including phenoxy) is 3. The summed E-state index contributed by atoms with van der Waals surface area (Å²) in [4.78, 5) is 36.3. The second-order valence-corrected chi connectivity index (χ2v) is 6.28. The molecule has 0 atom stereocenters. The molecule has 1 aliphatic heterocycles. The Hall–Kier alpha value is -2.68. The molecule has 1 N–H and O–H groups in total. The average molecular weight is 381 g/mol. The number of aliphatic carboxylic acids is 1. The normalized spacial score (nSPS) is 15.5. The molecule has 0 aromatic heterocycles. The maximum Gasteiger partial charge on any atom is 0.303 e. The molecular weight excluding hydrogens is 362 g/mol. The number of nitrogens with zero attached hydrogens (tertiary/aromatic N) is 1. The number of hydrogen-bond acceptors (Lipinski definition) is 7. The molecule has 1 fully saturated rings. The number of benzene rings is 1. The molecule has 0 spiro atoms. The minimum absolute atomic E-state index is 0.0730. The van der Waals surface area contributed by atoms with E-state index in [1.807, 2.05) is 0 Å². The Morgan fingerprint density at radius 1 is 1.15 bits per heavy atom. The minimum atomic E-state index is -0.968. The fourth-order valence-electron chi connectivity index (χ4n) is 2.42. The van der Waals surface area contributed by atoms with Gasteiger partial charge in [-0.3, -0.25) is 19.3 Å². The Morgan fingerprint density at radius 2 is 1.77 bits per heavy atom. The monoisotopic (exact) mass is 381 g/mol. The van der Waals surface area contributed by atoms with Crippen molar-refractivity contribution in [2.24, 2.45) is 0 Å². The maximum atomic E-state index is 12.4. The fraction of sp³-hybridized carbons (Fsp3) is 0.353. The van der Waals surface area contributed by atoms with Crippen molar-refractivity contribution >= 4 is 35.0 Å². The highest BCUT2D eigenvalue weighted by Crippen LogP contribution is 2.40. The van der Waals surface area contributed by atoms with Gasteiger partial charge in [-0.15, -0.1) is 0 Å². The van der Waals surface area contributed by atoms with E-state index in [0.717, 1.165) is 16.7 Å². The van der Waals surface area contributed by atoms with Gasteiger partial charge < -0.3 is 19.3 Å². The summed E-state index contributed by atoms with van der Waals surface area (Å²) in [6, 6.07) is 3.33. The highest BCUT2D eigenvalue weighted by Gasteiger charge is 2.34. The third-order valence-electron chi connectivity index (χ3n) is 3.63. The van der Waals surface area contributed by atoms with Crippen LogP contribution in [0.3, 0.4) is 0 Å². The number of amides is 2. The molecule has 9 heteroatoms. The zero-order valence-corrected chi connectivity index (χ0v) is 15.4. The molecule has 1 aromatic rings. The van der Waals surface area contributed by atoms with E-state index in [1.165, 1.54) is 21.3 Å². The van der Waals surface area contributed by atoms with Gasteiger partial charge in [-0.25, -0.2) is 0 Å². The van der Waals surface area contributed by atoms with Crippen molar-refractivity contribution in [1.82, 2.24) is 4.90 Å². The van der Waals surface area contributed by atoms with Gasteiger partial charge in [0.2, 0.25) is 5.75 Å². The third-order valence-corrected chi connectivity index (χ3v) is 4.54. The van der Waals surface area contributed by atoms with Crippen molar-refractivity contribution < 1.29 is 33.7 Å². The van der Waals surface area contributed by atoms with Gasteiger partial charge in [0.25, 0.3) is 11.1 Å². The second-order valence-electron chi connectivity index (χ2n) is 5.29. The van der Waals surface area contributed by atoms with E-state index in [1.54, 1.807) is 18.2 Å². The Kier molecular flexibility index (Phi) is 6.51. The minimum Gasteiger partial charge on any atom is -0.493 e. The van der Waals surface area contributed by atoms with Crippen LogP contribution in [0.1, 0.15) is 18.4 Å². The first-order chi connectivity index (χ1) is 12.4. The summed E-state index contributed by atoms with van der Waals surface area (Å²) in [6.45, 7) is 0.0730. The lowest BCUT2D eigenvalue weighted by Gasteiger charge is -2.13. The molecular formula is C17H19NO7S. The van der Waals surface area contributed by atoms with E-state index in [0.29, 0.717) is 22.8 Å². The molecule has 1 aliphatic rings. The molecule has 140 valence electrons. The quantitative estimate of drug-likeness (QED) is 0.686. The first kappa shape index (κ1) is 19.6. The predicted octanol–water partition coefficient (Wildman–Crippen LogP) is 2.61. The van der Waals surface area contributed by atoms with Gasteiger partial charge in [0.05, 0.1) is 26.2 Å². The number of carbonyl (C=O) groups is 3. The Labute approximate surface area is 154 Å². The largest absolute Gasteiger partial charge is 0.493 e. The smallest absolute Gasteiger partial charge is 0.303 e. The van der Waals surface area contributed by atoms with Gasteiger partial charge in [0.1, 0.15) is 0 Å². The van der Waals surface area contributed by atoms with Crippen LogP contribution in [0.15, 0.2) is 17.0 Å². The van der Waals surface area contributed by atoms with Crippen LogP contribution in [-0.4, -0.2) is 55.0 Å². The van der Waals surface area contributed by atoms with Gasteiger partial charge in [0.15, 0.2) is 11.5 Å². The highest BCUT2D eigenvalue weighted by molar-refractivity contribution is 8.18. The number of hydrogen-bond donors (Lipinski definition) is 1. The van der Waals surface area contributed by atoms with E-state index in [4.69, 9.17) is 19.3 Å². The van der Waals surface area contributed by atoms with Crippen LogP contribution in [0.5, 0.6) is 17.2 Å². The van der Waals surface area contributed by atoms with Crippen LogP contribution in [0.25, 0.3) is 6.08 Å². The number of rotatable bonds is 8. The van der Waals surface area contributed by atoms with Crippen molar-refractivity contribution in [2.45, 2.75) is 12.8 Å². The topological polar surface area (TPSA) is 102 Å². The van der Waals surface area contributed by atoms with Gasteiger partial charge >= 0.3 is 5.97 Å². The van der Waals surface area contributed by atoms with Crippen LogP contribution in [0.2, 0.25) is 0 Å². The molecule has 0 aliphatic carbocycles. The molecule has 8 nitrogen and oxygen atoms in total. The number of imide groups is 1. The molecule has 0 unspecified atom stereocenters. The van der Waals surface area contributed by atoms with E-state index in [9.17, 15) is 14.4 Å². The van der Waals surface area contributed by atoms with E-state index in [2.05, 4.69) is 0 Å². The number of thioether (sulfide) groups is 1. The molecule has 0 bridgehead atoms. The van der Waals surface area contributed by atoms with E-state index >= 15 is 0 Å². The summed E-state index contributed by atoms with van der Waals surface area (Å²) in [5, 5.41) is 8.25. The van der Waals surface area contributed by atoms with Gasteiger partial charge in [-0.1, -0.05) is 0 Å². The van der Waals surface area contributed by atoms with Crippen LogP contribution >= 0.6 is 11.8 Å².